The molecule has 0 amide bonds. The van der Waals surface area contributed by atoms with Crippen molar-refractivity contribution in [3.8, 4) is 0 Å². The summed E-state index contributed by atoms with van der Waals surface area (Å²) in [5, 5.41) is 10.7. The molecule has 0 saturated heterocycles. The molecule has 0 bridgehead atoms. The molecule has 76 valence electrons. The molecular formula is C11H10BrInO2. The van der Waals surface area contributed by atoms with Crippen molar-refractivity contribution >= 4 is 58.5 Å². The Morgan fingerprint density at radius 3 is 2.60 bits per heavy atom. The average molecular weight is 369 g/mol. The summed E-state index contributed by atoms with van der Waals surface area (Å²) in [4.78, 5) is 10.9. The van der Waals surface area contributed by atoms with Crippen LogP contribution in [0.15, 0.2) is 40.9 Å². The maximum absolute atomic E-state index is 10.9. The zero-order valence-corrected chi connectivity index (χ0v) is 8.78. The van der Waals surface area contributed by atoms with Crippen LogP contribution in [0.2, 0.25) is 0 Å². The third-order valence-corrected chi connectivity index (χ3v) is 2.57. The van der Waals surface area contributed by atoms with Gasteiger partial charge < -0.3 is 5.11 Å². The van der Waals surface area contributed by atoms with Crippen LogP contribution < -0.4 is 0 Å². The molecule has 2 nitrogen and oxygen atoms in total. The number of carboxylic acids is 1. The molecule has 0 aliphatic rings. The summed E-state index contributed by atoms with van der Waals surface area (Å²) in [5.74, 6) is -0.895. The topological polar surface area (TPSA) is 37.3 Å². The van der Waals surface area contributed by atoms with Gasteiger partial charge in [0.25, 0.3) is 0 Å². The van der Waals surface area contributed by atoms with Crippen LogP contribution in [0.5, 0.6) is 0 Å². The molecule has 0 aliphatic carbocycles. The van der Waals surface area contributed by atoms with Crippen LogP contribution in [0.25, 0.3) is 10.8 Å². The van der Waals surface area contributed by atoms with Gasteiger partial charge in [-0.3, -0.25) is 0 Å². The Bertz CT molecular complexity index is 511. The molecule has 0 heterocycles. The van der Waals surface area contributed by atoms with Gasteiger partial charge in [0, 0.05) is 4.47 Å². The van der Waals surface area contributed by atoms with Gasteiger partial charge in [-0.1, -0.05) is 34.1 Å². The zero-order chi connectivity index (χ0) is 10.1. The second-order valence-electron chi connectivity index (χ2n) is 2.98. The van der Waals surface area contributed by atoms with E-state index in [0.29, 0.717) is 5.56 Å². The number of rotatable bonds is 1. The van der Waals surface area contributed by atoms with E-state index in [1.165, 1.54) is 0 Å². The Morgan fingerprint density at radius 1 is 1.20 bits per heavy atom. The number of fused-ring (bicyclic) bond motifs is 1. The van der Waals surface area contributed by atoms with Crippen molar-refractivity contribution in [2.75, 3.05) is 0 Å². The predicted molar refractivity (Wildman–Crippen MR) is 68.5 cm³/mol. The fourth-order valence-electron chi connectivity index (χ4n) is 1.43. The standard InChI is InChI=1S/C11H7BrO2.In.3H/c12-8-5-4-7-2-1-3-9(11(13)14)10(7)6-8;;;;/h1-6H,(H,13,14);;;;. The minimum absolute atomic E-state index is 0. The van der Waals surface area contributed by atoms with Crippen molar-refractivity contribution in [3.05, 3.63) is 46.4 Å². The van der Waals surface area contributed by atoms with Crippen LogP contribution in [-0.4, -0.2) is 36.9 Å². The predicted octanol–water partition coefficient (Wildman–Crippen LogP) is 2.12. The second kappa shape index (κ2) is 5.03. The Morgan fingerprint density at radius 2 is 1.93 bits per heavy atom. The Hall–Kier alpha value is -0.480. The Balaban J connectivity index is 0.00000112. The molecule has 0 aromatic heterocycles. The van der Waals surface area contributed by atoms with Crippen molar-refractivity contribution in [3.63, 3.8) is 0 Å². The van der Waals surface area contributed by atoms with Crippen LogP contribution in [0, 0.1) is 0 Å². The first-order chi connectivity index (χ1) is 6.68. The van der Waals surface area contributed by atoms with Gasteiger partial charge in [0.15, 0.2) is 0 Å². The van der Waals surface area contributed by atoms with E-state index in [9.17, 15) is 4.79 Å². The SMILES string of the molecule is O=C(O)c1cccc2ccc(Br)cc12.[InH3]. The Kier molecular flexibility index (Phi) is 4.22. The van der Waals surface area contributed by atoms with Crippen LogP contribution in [0.1, 0.15) is 10.4 Å². The fraction of sp³-hybridized carbons (Fsp3) is 0. The van der Waals surface area contributed by atoms with Crippen molar-refractivity contribution in [1.29, 1.82) is 0 Å². The molecule has 4 heteroatoms. The first-order valence-electron chi connectivity index (χ1n) is 4.10. The van der Waals surface area contributed by atoms with Gasteiger partial charge in [0.1, 0.15) is 0 Å². The third kappa shape index (κ3) is 2.55. The van der Waals surface area contributed by atoms with Gasteiger partial charge in [0.2, 0.25) is 0 Å². The first-order valence-corrected chi connectivity index (χ1v) is 4.89. The quantitative estimate of drug-likeness (QED) is 0.837. The van der Waals surface area contributed by atoms with E-state index in [-0.39, 0.29) is 25.8 Å². The maximum atomic E-state index is 10.9. The third-order valence-electron chi connectivity index (χ3n) is 2.07. The second-order valence-corrected chi connectivity index (χ2v) is 3.89. The zero-order valence-electron chi connectivity index (χ0n) is 7.20. The van der Waals surface area contributed by atoms with Crippen molar-refractivity contribution in [1.82, 2.24) is 0 Å². The summed E-state index contributed by atoms with van der Waals surface area (Å²) in [6, 6.07) is 10.9. The van der Waals surface area contributed by atoms with E-state index in [0.717, 1.165) is 15.2 Å². The van der Waals surface area contributed by atoms with Gasteiger partial charge >= 0.3 is 31.8 Å². The molecule has 0 spiro atoms. The van der Waals surface area contributed by atoms with E-state index in [4.69, 9.17) is 5.11 Å². The number of hydrogen-bond donors (Lipinski definition) is 1. The number of carbonyl (C=O) groups is 1. The van der Waals surface area contributed by atoms with E-state index in [2.05, 4.69) is 15.9 Å². The molecule has 2 aromatic rings. The minimum atomic E-state index is -0.895. The molecule has 2 aromatic carbocycles. The van der Waals surface area contributed by atoms with Crippen molar-refractivity contribution in [2.45, 2.75) is 0 Å². The Labute approximate surface area is 114 Å². The molecule has 0 fully saturated rings. The molecule has 0 radical (unpaired) electrons. The molecule has 1 N–H and O–H groups in total. The van der Waals surface area contributed by atoms with E-state index in [1.54, 1.807) is 12.1 Å². The van der Waals surface area contributed by atoms with E-state index < -0.39 is 5.97 Å². The van der Waals surface area contributed by atoms with Gasteiger partial charge in [-0.15, -0.1) is 0 Å². The van der Waals surface area contributed by atoms with Crippen LogP contribution >= 0.6 is 15.9 Å². The molecule has 15 heavy (non-hydrogen) atoms. The van der Waals surface area contributed by atoms with Crippen LogP contribution in [0.4, 0.5) is 0 Å². The average Bonchev–Trinajstić information content (AvgIpc) is 2.16. The summed E-state index contributed by atoms with van der Waals surface area (Å²) < 4.78 is 0.888. The van der Waals surface area contributed by atoms with Gasteiger partial charge in [0.05, 0.1) is 5.56 Å². The number of halogens is 1. The fourth-order valence-corrected chi connectivity index (χ4v) is 1.79. The molecule has 0 saturated carbocycles. The van der Waals surface area contributed by atoms with Gasteiger partial charge in [-0.05, 0) is 29.0 Å². The number of hydrogen-bond acceptors (Lipinski definition) is 1. The van der Waals surface area contributed by atoms with E-state index in [1.807, 2.05) is 24.3 Å². The van der Waals surface area contributed by atoms with Crippen molar-refractivity contribution in [2.24, 2.45) is 0 Å². The van der Waals surface area contributed by atoms with Gasteiger partial charge in [-0.2, -0.15) is 0 Å². The summed E-state index contributed by atoms with van der Waals surface area (Å²) in [7, 11) is 0. The van der Waals surface area contributed by atoms with Crippen LogP contribution in [-0.2, 0) is 0 Å². The summed E-state index contributed by atoms with van der Waals surface area (Å²) in [6.45, 7) is 0. The number of carboxylic acid groups (broad SMARTS) is 1. The number of aromatic carboxylic acids is 1. The van der Waals surface area contributed by atoms with Crippen LogP contribution in [0.3, 0.4) is 0 Å². The molecule has 0 atom stereocenters. The van der Waals surface area contributed by atoms with E-state index >= 15 is 0 Å². The first kappa shape index (κ1) is 12.6. The monoisotopic (exact) mass is 368 g/mol. The molecule has 0 aliphatic heterocycles. The molecule has 0 unspecified atom stereocenters. The summed E-state index contributed by atoms with van der Waals surface area (Å²) in [6.07, 6.45) is 0. The number of benzene rings is 2. The van der Waals surface area contributed by atoms with Gasteiger partial charge in [-0.25, -0.2) is 4.79 Å². The normalized spacial score (nSPS) is 9.67. The summed E-state index contributed by atoms with van der Waals surface area (Å²) in [5.41, 5.74) is 0.337. The summed E-state index contributed by atoms with van der Waals surface area (Å²) >= 11 is 3.32. The van der Waals surface area contributed by atoms with Crippen molar-refractivity contribution < 1.29 is 9.90 Å². The molecular weight excluding hydrogens is 359 g/mol. The molecule has 2 rings (SSSR count).